The average Bonchev–Trinajstić information content (AvgIpc) is 2.05. The first-order valence-electron chi connectivity index (χ1n) is 5.41. The van der Waals surface area contributed by atoms with Gasteiger partial charge in [0.05, 0.1) is 0 Å². The largest absolute Gasteiger partial charge is 0.311 e. The Morgan fingerprint density at radius 3 is 2.33 bits per heavy atom. The molecule has 1 nitrogen and oxygen atoms in total. The van der Waals surface area contributed by atoms with Gasteiger partial charge in [-0.05, 0) is 44.6 Å². The number of rotatable bonds is 0. The van der Waals surface area contributed by atoms with Gasteiger partial charge in [-0.2, -0.15) is 0 Å². The molecule has 0 aromatic heterocycles. The third-order valence-corrected chi connectivity index (χ3v) is 4.41. The van der Waals surface area contributed by atoms with E-state index in [1.165, 1.54) is 45.1 Å². The second-order valence-corrected chi connectivity index (χ2v) is 5.13. The molecule has 2 atom stereocenters. The summed E-state index contributed by atoms with van der Waals surface area (Å²) in [6.45, 7) is 6.16. The smallest absolute Gasteiger partial charge is 0.0206 e. The highest BCUT2D eigenvalue weighted by Gasteiger charge is 2.46. The van der Waals surface area contributed by atoms with Crippen molar-refractivity contribution in [3.8, 4) is 0 Å². The van der Waals surface area contributed by atoms with Gasteiger partial charge in [-0.1, -0.05) is 19.8 Å². The lowest BCUT2D eigenvalue weighted by Crippen LogP contribution is -2.59. The lowest BCUT2D eigenvalue weighted by molar-refractivity contribution is 0.0250. The van der Waals surface area contributed by atoms with Crippen LogP contribution in [0.15, 0.2) is 0 Å². The van der Waals surface area contributed by atoms with E-state index in [2.05, 4.69) is 19.2 Å². The molecule has 2 aliphatic rings. The van der Waals surface area contributed by atoms with Crippen LogP contribution < -0.4 is 5.32 Å². The molecule has 0 spiro atoms. The van der Waals surface area contributed by atoms with Crippen LogP contribution in [0.2, 0.25) is 0 Å². The summed E-state index contributed by atoms with van der Waals surface area (Å²) in [6.07, 6.45) is 8.54. The van der Waals surface area contributed by atoms with E-state index in [-0.39, 0.29) is 0 Å². The minimum Gasteiger partial charge on any atom is -0.311 e. The molecule has 0 amide bonds. The Balaban J connectivity index is 2.20. The first-order chi connectivity index (χ1) is 5.66. The molecule has 2 fully saturated rings. The minimum atomic E-state index is 0.462. The van der Waals surface area contributed by atoms with E-state index in [0.717, 1.165) is 0 Å². The highest BCUT2D eigenvalue weighted by atomic mass is 15.0. The number of fused-ring (bicyclic) bond motifs is 1. The minimum absolute atomic E-state index is 0.462. The molecule has 70 valence electrons. The second kappa shape index (κ2) is 2.73. The van der Waals surface area contributed by atoms with Gasteiger partial charge in [0.2, 0.25) is 0 Å². The predicted molar refractivity (Wildman–Crippen MR) is 52.2 cm³/mol. The molecule has 1 heterocycles. The molecule has 1 heteroatoms. The lowest BCUT2D eigenvalue weighted by Gasteiger charge is -2.54. The van der Waals surface area contributed by atoms with Crippen molar-refractivity contribution in [2.45, 2.75) is 57.9 Å². The zero-order valence-corrected chi connectivity index (χ0v) is 8.45. The van der Waals surface area contributed by atoms with Crippen LogP contribution in [0.1, 0.15) is 52.4 Å². The fraction of sp³-hybridized carbons (Fsp3) is 1.00. The molecular formula is C11H21N. The first-order valence-corrected chi connectivity index (χ1v) is 5.41. The molecule has 1 N–H and O–H groups in total. The van der Waals surface area contributed by atoms with E-state index in [1.54, 1.807) is 0 Å². The predicted octanol–water partition coefficient (Wildman–Crippen LogP) is 2.71. The molecule has 0 radical (unpaired) electrons. The van der Waals surface area contributed by atoms with Crippen LogP contribution >= 0.6 is 0 Å². The summed E-state index contributed by atoms with van der Waals surface area (Å²) in [5.41, 5.74) is 1.06. The first kappa shape index (κ1) is 8.55. The molecule has 2 rings (SSSR count). The third kappa shape index (κ3) is 1.10. The molecule has 0 aromatic carbocycles. The average molecular weight is 167 g/mol. The Labute approximate surface area is 75.9 Å². The maximum absolute atomic E-state index is 3.74. The third-order valence-electron chi connectivity index (χ3n) is 4.41. The van der Waals surface area contributed by atoms with E-state index < -0.39 is 0 Å². The van der Waals surface area contributed by atoms with Crippen LogP contribution in [-0.2, 0) is 0 Å². The van der Waals surface area contributed by atoms with Gasteiger partial charge < -0.3 is 5.32 Å². The molecule has 0 bridgehead atoms. The van der Waals surface area contributed by atoms with Crippen molar-refractivity contribution in [3.05, 3.63) is 0 Å². The van der Waals surface area contributed by atoms with Crippen LogP contribution in [-0.4, -0.2) is 12.1 Å². The standard InChI is InChI=1S/C11H21N/c1-10-6-3-4-8-11(10,2)12-9-5-7-10/h12H,3-9H2,1-2H3. The van der Waals surface area contributed by atoms with Crippen LogP contribution in [0.3, 0.4) is 0 Å². The highest BCUT2D eigenvalue weighted by Crippen LogP contribution is 2.48. The fourth-order valence-corrected chi connectivity index (χ4v) is 3.12. The summed E-state index contributed by atoms with van der Waals surface area (Å²) >= 11 is 0. The number of nitrogens with one attached hydrogen (secondary N) is 1. The molecule has 0 aromatic rings. The fourth-order valence-electron chi connectivity index (χ4n) is 3.12. The van der Waals surface area contributed by atoms with Gasteiger partial charge in [0.15, 0.2) is 0 Å². The van der Waals surface area contributed by atoms with Crippen molar-refractivity contribution in [3.63, 3.8) is 0 Å². The van der Waals surface area contributed by atoms with E-state index in [4.69, 9.17) is 0 Å². The molecule has 1 saturated carbocycles. The van der Waals surface area contributed by atoms with Crippen molar-refractivity contribution in [2.24, 2.45) is 5.41 Å². The van der Waals surface area contributed by atoms with Crippen LogP contribution in [0.25, 0.3) is 0 Å². The molecule has 12 heavy (non-hydrogen) atoms. The van der Waals surface area contributed by atoms with Gasteiger partial charge in [0, 0.05) is 5.54 Å². The van der Waals surface area contributed by atoms with Crippen molar-refractivity contribution < 1.29 is 0 Å². The summed E-state index contributed by atoms with van der Waals surface area (Å²) in [5, 5.41) is 3.74. The summed E-state index contributed by atoms with van der Waals surface area (Å²) < 4.78 is 0. The molecule has 1 saturated heterocycles. The quantitative estimate of drug-likeness (QED) is 0.585. The maximum atomic E-state index is 3.74. The van der Waals surface area contributed by atoms with Gasteiger partial charge in [0.25, 0.3) is 0 Å². The molecule has 1 aliphatic carbocycles. The van der Waals surface area contributed by atoms with Crippen molar-refractivity contribution >= 4 is 0 Å². The second-order valence-electron chi connectivity index (χ2n) is 5.13. The number of hydrogen-bond acceptors (Lipinski definition) is 1. The monoisotopic (exact) mass is 167 g/mol. The molecular weight excluding hydrogens is 146 g/mol. The Morgan fingerprint density at radius 2 is 1.58 bits per heavy atom. The van der Waals surface area contributed by atoms with Gasteiger partial charge >= 0.3 is 0 Å². The van der Waals surface area contributed by atoms with Crippen molar-refractivity contribution in [2.75, 3.05) is 6.54 Å². The molecule has 1 aliphatic heterocycles. The Hall–Kier alpha value is -0.0400. The SMILES string of the molecule is CC12CCCCC1(C)NCCC2. The number of hydrogen-bond donors (Lipinski definition) is 1. The molecule has 2 unspecified atom stereocenters. The van der Waals surface area contributed by atoms with E-state index in [1.807, 2.05) is 0 Å². The van der Waals surface area contributed by atoms with E-state index in [0.29, 0.717) is 11.0 Å². The Kier molecular flexibility index (Phi) is 1.95. The lowest BCUT2D eigenvalue weighted by atomic mass is 9.59. The summed E-state index contributed by atoms with van der Waals surface area (Å²) in [7, 11) is 0. The van der Waals surface area contributed by atoms with Gasteiger partial charge in [-0.3, -0.25) is 0 Å². The zero-order chi connectivity index (χ0) is 8.66. The maximum Gasteiger partial charge on any atom is 0.0206 e. The van der Waals surface area contributed by atoms with Crippen LogP contribution in [0.4, 0.5) is 0 Å². The number of piperidine rings is 1. The van der Waals surface area contributed by atoms with E-state index >= 15 is 0 Å². The van der Waals surface area contributed by atoms with Crippen LogP contribution in [0.5, 0.6) is 0 Å². The Morgan fingerprint density at radius 1 is 0.917 bits per heavy atom. The van der Waals surface area contributed by atoms with E-state index in [9.17, 15) is 0 Å². The highest BCUT2D eigenvalue weighted by molar-refractivity contribution is 5.03. The Bertz CT molecular complexity index is 142. The zero-order valence-electron chi connectivity index (χ0n) is 8.45. The van der Waals surface area contributed by atoms with Crippen molar-refractivity contribution in [1.82, 2.24) is 5.32 Å². The summed E-state index contributed by atoms with van der Waals surface area (Å²) in [6, 6.07) is 0. The van der Waals surface area contributed by atoms with Crippen LogP contribution in [0, 0.1) is 5.41 Å². The van der Waals surface area contributed by atoms with Gasteiger partial charge in [0.1, 0.15) is 0 Å². The summed E-state index contributed by atoms with van der Waals surface area (Å²) in [5.74, 6) is 0. The van der Waals surface area contributed by atoms with Gasteiger partial charge in [-0.25, -0.2) is 0 Å². The normalized spacial score (nSPS) is 48.5. The van der Waals surface area contributed by atoms with Crippen molar-refractivity contribution in [1.29, 1.82) is 0 Å². The topological polar surface area (TPSA) is 12.0 Å². The summed E-state index contributed by atoms with van der Waals surface area (Å²) in [4.78, 5) is 0. The van der Waals surface area contributed by atoms with Gasteiger partial charge in [-0.15, -0.1) is 0 Å².